The standard InChI is InChI=1S/C26H26N2O4/c1-14-7-9-19-22(15(14)2)25(3,4)26(28(19)5)13-27-23-17-12-18(24(30)31-6)20(29)11-16(17)8-10-21(23)32-26/h7-13,29H,1-6H3. The van der Waals surface area contributed by atoms with Crippen LogP contribution in [0.5, 0.6) is 11.5 Å². The van der Waals surface area contributed by atoms with Crippen LogP contribution in [-0.4, -0.2) is 37.2 Å². The number of anilines is 1. The Morgan fingerprint density at radius 2 is 1.91 bits per heavy atom. The first-order valence-electron chi connectivity index (χ1n) is 10.6. The molecule has 0 saturated carbocycles. The van der Waals surface area contributed by atoms with Crippen LogP contribution in [0.2, 0.25) is 0 Å². The molecule has 0 bridgehead atoms. The number of aromatic hydroxyl groups is 1. The molecule has 1 unspecified atom stereocenters. The van der Waals surface area contributed by atoms with Crippen molar-refractivity contribution in [1.82, 2.24) is 0 Å². The van der Waals surface area contributed by atoms with E-state index in [9.17, 15) is 9.90 Å². The molecule has 6 heteroatoms. The number of aryl methyl sites for hydroxylation is 1. The highest BCUT2D eigenvalue weighted by Crippen LogP contribution is 2.55. The van der Waals surface area contributed by atoms with Crippen molar-refractivity contribution in [3.8, 4) is 11.5 Å². The Bertz CT molecular complexity index is 1340. The maximum atomic E-state index is 12.1. The summed E-state index contributed by atoms with van der Waals surface area (Å²) in [6, 6.07) is 11.2. The van der Waals surface area contributed by atoms with E-state index in [-0.39, 0.29) is 16.7 Å². The lowest BCUT2D eigenvalue weighted by molar-refractivity contribution is 0.0597. The minimum atomic E-state index is -0.795. The molecule has 0 aliphatic carbocycles. The van der Waals surface area contributed by atoms with Gasteiger partial charge in [0.05, 0.1) is 18.7 Å². The van der Waals surface area contributed by atoms with E-state index < -0.39 is 11.7 Å². The fourth-order valence-corrected chi connectivity index (χ4v) is 5.25. The maximum absolute atomic E-state index is 12.1. The van der Waals surface area contributed by atoms with Crippen LogP contribution in [0, 0.1) is 13.8 Å². The van der Waals surface area contributed by atoms with Crippen LogP contribution in [0.4, 0.5) is 11.4 Å². The molecule has 5 rings (SSSR count). The van der Waals surface area contributed by atoms with Gasteiger partial charge in [-0.15, -0.1) is 0 Å². The van der Waals surface area contributed by atoms with E-state index >= 15 is 0 Å². The maximum Gasteiger partial charge on any atom is 0.341 e. The molecule has 6 nitrogen and oxygen atoms in total. The van der Waals surface area contributed by atoms with Crippen molar-refractivity contribution in [1.29, 1.82) is 0 Å². The Morgan fingerprint density at radius 3 is 2.62 bits per heavy atom. The number of rotatable bonds is 1. The average molecular weight is 431 g/mol. The number of esters is 1. The van der Waals surface area contributed by atoms with Crippen LogP contribution in [0.3, 0.4) is 0 Å². The quantitative estimate of drug-likeness (QED) is 0.540. The molecule has 1 spiro atoms. The number of methoxy groups -OCH3 is 1. The topological polar surface area (TPSA) is 71.4 Å². The predicted octanol–water partition coefficient (Wildman–Crippen LogP) is 5.17. The monoisotopic (exact) mass is 430 g/mol. The van der Waals surface area contributed by atoms with Crippen molar-refractivity contribution in [3.63, 3.8) is 0 Å². The summed E-state index contributed by atoms with van der Waals surface area (Å²) >= 11 is 0. The van der Waals surface area contributed by atoms with Crippen LogP contribution in [0.1, 0.15) is 40.9 Å². The molecule has 0 saturated heterocycles. The smallest absolute Gasteiger partial charge is 0.341 e. The highest BCUT2D eigenvalue weighted by Gasteiger charge is 2.59. The van der Waals surface area contributed by atoms with Gasteiger partial charge in [-0.1, -0.05) is 12.1 Å². The van der Waals surface area contributed by atoms with Gasteiger partial charge in [-0.3, -0.25) is 4.99 Å². The van der Waals surface area contributed by atoms with Crippen LogP contribution >= 0.6 is 0 Å². The van der Waals surface area contributed by atoms with Crippen molar-refractivity contribution in [2.45, 2.75) is 38.8 Å². The van der Waals surface area contributed by atoms with Gasteiger partial charge in [0.25, 0.3) is 0 Å². The Hall–Kier alpha value is -3.54. The molecule has 0 amide bonds. The number of carbonyl (C=O) groups excluding carboxylic acids is 1. The van der Waals surface area contributed by atoms with E-state index in [0.29, 0.717) is 11.4 Å². The first-order chi connectivity index (χ1) is 15.1. The highest BCUT2D eigenvalue weighted by atomic mass is 16.5. The zero-order valence-electron chi connectivity index (χ0n) is 19.1. The molecule has 2 aliphatic rings. The third-order valence-corrected chi connectivity index (χ3v) is 7.20. The summed E-state index contributed by atoms with van der Waals surface area (Å²) in [4.78, 5) is 19.1. The van der Waals surface area contributed by atoms with Crippen molar-refractivity contribution < 1.29 is 19.4 Å². The van der Waals surface area contributed by atoms with Gasteiger partial charge in [-0.25, -0.2) is 4.79 Å². The zero-order valence-corrected chi connectivity index (χ0v) is 19.1. The van der Waals surface area contributed by atoms with Gasteiger partial charge in [0.15, 0.2) is 0 Å². The van der Waals surface area contributed by atoms with E-state index in [1.807, 2.05) is 25.4 Å². The minimum absolute atomic E-state index is 0.0979. The van der Waals surface area contributed by atoms with Crippen LogP contribution in [0.25, 0.3) is 10.8 Å². The third kappa shape index (κ3) is 2.40. The molecule has 32 heavy (non-hydrogen) atoms. The molecular weight excluding hydrogens is 404 g/mol. The van der Waals surface area contributed by atoms with E-state index in [1.54, 1.807) is 12.1 Å². The Labute approximate surface area is 187 Å². The summed E-state index contributed by atoms with van der Waals surface area (Å²) in [6.07, 6.45) is 1.87. The SMILES string of the molecule is COC(=O)c1cc2c3c(ccc2cc1O)OC1(C=N3)N(C)c2ccc(C)c(C)c2C1(C)C. The van der Waals surface area contributed by atoms with Crippen molar-refractivity contribution in [2.75, 3.05) is 19.1 Å². The minimum Gasteiger partial charge on any atom is -0.507 e. The van der Waals surface area contributed by atoms with Gasteiger partial charge in [0.1, 0.15) is 22.7 Å². The molecule has 2 heterocycles. The number of ether oxygens (including phenoxy) is 2. The van der Waals surface area contributed by atoms with Gasteiger partial charge in [0.2, 0.25) is 5.72 Å². The lowest BCUT2D eigenvalue weighted by atomic mass is 9.75. The third-order valence-electron chi connectivity index (χ3n) is 7.20. The Balaban J connectivity index is 1.69. The van der Waals surface area contributed by atoms with Gasteiger partial charge in [0, 0.05) is 18.1 Å². The van der Waals surface area contributed by atoms with Crippen LogP contribution in [-0.2, 0) is 10.2 Å². The number of phenolic OH excluding ortho intramolecular Hbond substituents is 1. The van der Waals surface area contributed by atoms with E-state index in [4.69, 9.17) is 14.5 Å². The largest absolute Gasteiger partial charge is 0.507 e. The molecule has 2 aliphatic heterocycles. The second-order valence-corrected chi connectivity index (χ2v) is 9.14. The zero-order chi connectivity index (χ0) is 23.0. The van der Waals surface area contributed by atoms with Crippen LogP contribution < -0.4 is 9.64 Å². The fraction of sp³-hybridized carbons (Fsp3) is 0.308. The van der Waals surface area contributed by atoms with E-state index in [2.05, 4.69) is 44.7 Å². The Kier molecular flexibility index (Phi) is 4.13. The second-order valence-electron chi connectivity index (χ2n) is 9.14. The molecule has 1 N–H and O–H groups in total. The van der Waals surface area contributed by atoms with Gasteiger partial charge in [-0.05, 0) is 74.0 Å². The number of nitrogens with zero attached hydrogens (tertiary/aromatic N) is 2. The number of hydrogen-bond donors (Lipinski definition) is 1. The summed E-state index contributed by atoms with van der Waals surface area (Å²) in [5.74, 6) is -0.0971. The second kappa shape index (κ2) is 6.48. The number of carbonyl (C=O) groups is 1. The Morgan fingerprint density at radius 1 is 1.16 bits per heavy atom. The lowest BCUT2D eigenvalue weighted by Crippen LogP contribution is -2.61. The number of phenols is 1. The van der Waals surface area contributed by atoms with Crippen LogP contribution in [0.15, 0.2) is 41.4 Å². The molecule has 3 aromatic carbocycles. The number of aliphatic imine (C=N–C) groups is 1. The fourth-order valence-electron chi connectivity index (χ4n) is 5.25. The summed E-state index contributed by atoms with van der Waals surface area (Å²) in [6.45, 7) is 8.66. The first-order valence-corrected chi connectivity index (χ1v) is 10.6. The summed E-state index contributed by atoms with van der Waals surface area (Å²) in [5.41, 5.74) is 4.46. The molecule has 0 radical (unpaired) electrons. The lowest BCUT2D eigenvalue weighted by Gasteiger charge is -2.45. The summed E-state index contributed by atoms with van der Waals surface area (Å²) < 4.78 is 11.6. The van der Waals surface area contributed by atoms with E-state index in [0.717, 1.165) is 16.5 Å². The molecule has 0 aromatic heterocycles. The van der Waals surface area contributed by atoms with Gasteiger partial charge in [-0.2, -0.15) is 0 Å². The highest BCUT2D eigenvalue weighted by molar-refractivity contribution is 6.05. The molecule has 1 atom stereocenters. The number of benzene rings is 3. The van der Waals surface area contributed by atoms with Crippen molar-refractivity contribution >= 4 is 34.3 Å². The molecular formula is C26H26N2O4. The normalized spacial score (nSPS) is 20.2. The van der Waals surface area contributed by atoms with E-state index in [1.165, 1.54) is 23.8 Å². The molecule has 0 fully saturated rings. The summed E-state index contributed by atoms with van der Waals surface area (Å²) in [5, 5.41) is 11.7. The van der Waals surface area contributed by atoms with Gasteiger partial charge < -0.3 is 19.5 Å². The van der Waals surface area contributed by atoms with Gasteiger partial charge >= 0.3 is 5.97 Å². The number of likely N-dealkylation sites (N-methyl/N-ethyl adjacent to an activating group) is 1. The number of hydrogen-bond acceptors (Lipinski definition) is 6. The number of fused-ring (bicyclic) bond motifs is 4. The van der Waals surface area contributed by atoms with Crippen molar-refractivity contribution in [3.05, 3.63) is 58.7 Å². The van der Waals surface area contributed by atoms with Crippen molar-refractivity contribution in [2.24, 2.45) is 4.99 Å². The molecule has 3 aromatic rings. The first kappa shape index (κ1) is 20.4. The summed E-state index contributed by atoms with van der Waals surface area (Å²) in [7, 11) is 3.32. The predicted molar refractivity (Wildman–Crippen MR) is 126 cm³/mol. The molecule has 164 valence electrons. The average Bonchev–Trinajstić information content (AvgIpc) is 2.93.